The number of unbranched alkanes of at least 4 members (excludes halogenated alkanes) is 1. The number of hydrogen-bond acceptors (Lipinski definition) is 6. The first-order chi connectivity index (χ1) is 11.0. The molecule has 1 rings (SSSR count). The van der Waals surface area contributed by atoms with Crippen LogP contribution in [0.3, 0.4) is 0 Å². The predicted octanol–water partition coefficient (Wildman–Crippen LogP) is 2.25. The molecule has 0 saturated carbocycles. The van der Waals surface area contributed by atoms with E-state index in [2.05, 4.69) is 30.0 Å². The molecule has 1 aromatic rings. The van der Waals surface area contributed by atoms with Gasteiger partial charge in [0, 0.05) is 19.1 Å². The van der Waals surface area contributed by atoms with Crippen LogP contribution in [0, 0.1) is 5.92 Å². The molecule has 0 spiro atoms. The zero-order valence-corrected chi connectivity index (χ0v) is 14.8. The number of hydroxylamine groups is 1. The molecule has 0 fully saturated rings. The fourth-order valence-electron chi connectivity index (χ4n) is 2.22. The van der Waals surface area contributed by atoms with Gasteiger partial charge in [0.1, 0.15) is 11.4 Å². The Morgan fingerprint density at radius 3 is 2.13 bits per heavy atom. The van der Waals surface area contributed by atoms with E-state index in [0.717, 1.165) is 25.3 Å². The van der Waals surface area contributed by atoms with E-state index >= 15 is 0 Å². The molecule has 0 bridgehead atoms. The average Bonchev–Trinajstić information content (AvgIpc) is 2.54. The quantitative estimate of drug-likeness (QED) is 0.293. The van der Waals surface area contributed by atoms with Crippen LogP contribution in [0.15, 0.2) is 9.59 Å². The lowest BCUT2D eigenvalue weighted by Gasteiger charge is -2.15. The summed E-state index contributed by atoms with van der Waals surface area (Å²) in [5, 5.41) is 6.06. The highest BCUT2D eigenvalue weighted by molar-refractivity contribution is 5.73. The van der Waals surface area contributed by atoms with Gasteiger partial charge < -0.3 is 10.6 Å². The van der Waals surface area contributed by atoms with Crippen LogP contribution in [-0.4, -0.2) is 25.7 Å². The summed E-state index contributed by atoms with van der Waals surface area (Å²) in [6, 6.07) is 0.244. The molecular weight excluding hydrogens is 294 g/mol. The highest BCUT2D eigenvalue weighted by atomic mass is 16.6. The number of anilines is 2. The van der Waals surface area contributed by atoms with Crippen molar-refractivity contribution >= 4 is 11.4 Å². The van der Waals surface area contributed by atoms with Gasteiger partial charge in [-0.15, -0.1) is 0 Å². The second-order valence-electron chi connectivity index (χ2n) is 6.39. The predicted molar refractivity (Wildman–Crippen MR) is 95.9 cm³/mol. The first kappa shape index (κ1) is 19.6. The van der Waals surface area contributed by atoms with Crippen molar-refractivity contribution in [2.45, 2.75) is 59.4 Å². The largest absolute Gasteiger partial charge is 0.380 e. The molecule has 1 atom stereocenters. The van der Waals surface area contributed by atoms with E-state index in [1.54, 1.807) is 0 Å². The third-order valence-electron chi connectivity index (χ3n) is 3.86. The van der Waals surface area contributed by atoms with Crippen LogP contribution in [-0.2, 0) is 4.84 Å². The number of nitrogens with one attached hydrogen (secondary N) is 3. The smallest absolute Gasteiger partial charge is 0.253 e. The Bertz CT molecular complexity index is 521. The SMILES string of the molecule is CCC(C)CCCCNc1c(NCCONC(C)C)c(=O)c1=O. The van der Waals surface area contributed by atoms with Gasteiger partial charge in [-0.3, -0.25) is 14.4 Å². The van der Waals surface area contributed by atoms with Gasteiger partial charge in [0.2, 0.25) is 0 Å². The van der Waals surface area contributed by atoms with Gasteiger partial charge in [-0.25, -0.2) is 0 Å². The van der Waals surface area contributed by atoms with Gasteiger partial charge in [0.15, 0.2) is 0 Å². The highest BCUT2D eigenvalue weighted by Crippen LogP contribution is 2.15. The molecule has 0 heterocycles. The van der Waals surface area contributed by atoms with Crippen molar-refractivity contribution in [2.75, 3.05) is 30.3 Å². The van der Waals surface area contributed by atoms with E-state index in [-0.39, 0.29) is 6.04 Å². The number of hydrogen-bond donors (Lipinski definition) is 3. The lowest BCUT2D eigenvalue weighted by atomic mass is 10.0. The van der Waals surface area contributed by atoms with Crippen LogP contribution in [0.2, 0.25) is 0 Å². The first-order valence-corrected chi connectivity index (χ1v) is 8.65. The van der Waals surface area contributed by atoms with Crippen molar-refractivity contribution in [1.29, 1.82) is 0 Å². The maximum Gasteiger partial charge on any atom is 0.253 e. The zero-order valence-electron chi connectivity index (χ0n) is 14.8. The fourth-order valence-corrected chi connectivity index (χ4v) is 2.22. The second-order valence-corrected chi connectivity index (χ2v) is 6.39. The van der Waals surface area contributed by atoms with Crippen LogP contribution in [0.5, 0.6) is 0 Å². The van der Waals surface area contributed by atoms with Crippen molar-refractivity contribution in [3.63, 3.8) is 0 Å². The molecule has 23 heavy (non-hydrogen) atoms. The van der Waals surface area contributed by atoms with Gasteiger partial charge in [-0.1, -0.05) is 33.1 Å². The van der Waals surface area contributed by atoms with E-state index in [0.29, 0.717) is 24.5 Å². The van der Waals surface area contributed by atoms with Crippen molar-refractivity contribution in [1.82, 2.24) is 5.48 Å². The summed E-state index contributed by atoms with van der Waals surface area (Å²) in [5.41, 5.74) is 2.78. The van der Waals surface area contributed by atoms with Crippen LogP contribution < -0.4 is 27.0 Å². The Morgan fingerprint density at radius 1 is 0.957 bits per heavy atom. The Balaban J connectivity index is 2.27. The van der Waals surface area contributed by atoms with Gasteiger partial charge in [-0.05, 0) is 26.2 Å². The van der Waals surface area contributed by atoms with Crippen molar-refractivity contribution in [2.24, 2.45) is 5.92 Å². The molecule has 1 aromatic carbocycles. The average molecular weight is 325 g/mol. The van der Waals surface area contributed by atoms with Gasteiger partial charge in [0.05, 0.1) is 6.61 Å². The van der Waals surface area contributed by atoms with Gasteiger partial charge >= 0.3 is 0 Å². The summed E-state index contributed by atoms with van der Waals surface area (Å²) in [4.78, 5) is 28.4. The standard InChI is InChI=1S/C17H31N3O3/c1-5-13(4)8-6-7-9-18-14-15(17(22)16(14)21)19-10-11-23-20-12(2)3/h12-13,18-20H,5-11H2,1-4H3. The second kappa shape index (κ2) is 10.4. The van der Waals surface area contributed by atoms with Crippen molar-refractivity contribution in [3.05, 3.63) is 20.4 Å². The summed E-state index contributed by atoms with van der Waals surface area (Å²) in [6.07, 6.45) is 4.54. The monoisotopic (exact) mass is 325 g/mol. The molecule has 0 amide bonds. The topological polar surface area (TPSA) is 79.5 Å². The van der Waals surface area contributed by atoms with Gasteiger partial charge in [-0.2, -0.15) is 5.48 Å². The van der Waals surface area contributed by atoms with E-state index in [1.807, 2.05) is 13.8 Å². The Kier molecular flexibility index (Phi) is 8.87. The first-order valence-electron chi connectivity index (χ1n) is 8.65. The fraction of sp³-hybridized carbons (Fsp3) is 0.765. The molecule has 132 valence electrons. The minimum absolute atomic E-state index is 0.244. The van der Waals surface area contributed by atoms with E-state index in [4.69, 9.17) is 4.84 Å². The molecule has 0 aliphatic carbocycles. The normalized spacial score (nSPS) is 12.7. The molecule has 0 saturated heterocycles. The Labute approximate surface area is 138 Å². The maximum atomic E-state index is 11.6. The Hall–Kier alpha value is -1.40. The summed E-state index contributed by atoms with van der Waals surface area (Å²) >= 11 is 0. The summed E-state index contributed by atoms with van der Waals surface area (Å²) in [7, 11) is 0. The van der Waals surface area contributed by atoms with Crippen molar-refractivity contribution < 1.29 is 4.84 Å². The molecule has 0 aromatic heterocycles. The highest BCUT2D eigenvalue weighted by Gasteiger charge is 2.19. The van der Waals surface area contributed by atoms with E-state index in [1.165, 1.54) is 12.8 Å². The molecule has 0 radical (unpaired) electrons. The third-order valence-corrected chi connectivity index (χ3v) is 3.86. The van der Waals surface area contributed by atoms with Crippen LogP contribution in [0.4, 0.5) is 11.4 Å². The molecule has 6 heteroatoms. The molecule has 0 aliphatic rings. The van der Waals surface area contributed by atoms with Crippen molar-refractivity contribution in [3.8, 4) is 0 Å². The minimum atomic E-state index is -0.441. The lowest BCUT2D eigenvalue weighted by molar-refractivity contribution is 0.0309. The van der Waals surface area contributed by atoms with Crippen LogP contribution in [0.1, 0.15) is 53.4 Å². The molecule has 0 aliphatic heterocycles. The van der Waals surface area contributed by atoms with E-state index in [9.17, 15) is 9.59 Å². The van der Waals surface area contributed by atoms with Crippen LogP contribution in [0.25, 0.3) is 0 Å². The molecule has 1 unspecified atom stereocenters. The summed E-state index contributed by atoms with van der Waals surface area (Å²) < 4.78 is 0. The minimum Gasteiger partial charge on any atom is -0.380 e. The lowest BCUT2D eigenvalue weighted by Crippen LogP contribution is -2.38. The van der Waals surface area contributed by atoms with Crippen LogP contribution >= 0.6 is 0 Å². The third kappa shape index (κ3) is 6.71. The summed E-state index contributed by atoms with van der Waals surface area (Å²) in [6.45, 7) is 10.0. The summed E-state index contributed by atoms with van der Waals surface area (Å²) in [5.74, 6) is 0.748. The maximum absolute atomic E-state index is 11.6. The van der Waals surface area contributed by atoms with E-state index < -0.39 is 10.9 Å². The molecular formula is C17H31N3O3. The molecule has 3 N–H and O–H groups in total. The molecule has 6 nitrogen and oxygen atoms in total. The zero-order chi connectivity index (χ0) is 17.2. The number of rotatable bonds is 13. The van der Waals surface area contributed by atoms with Gasteiger partial charge in [0.25, 0.3) is 10.9 Å². The Morgan fingerprint density at radius 2 is 1.57 bits per heavy atom.